The standard InChI is InChI=1S/C15H15N5S/c1-16-14-19-11(10-6-4-3-5-7-10)8-12(20-14)13-9-18-15(17-2)21-13/h3-9H,1-2H3,(H,17,18)(H,16,19,20). The van der Waals surface area contributed by atoms with E-state index in [0.717, 1.165) is 27.0 Å². The quantitative estimate of drug-likeness (QED) is 0.773. The molecular formula is C15H15N5S. The first-order chi connectivity index (χ1) is 10.3. The van der Waals surface area contributed by atoms with Crippen molar-refractivity contribution in [2.75, 3.05) is 24.7 Å². The first-order valence-electron chi connectivity index (χ1n) is 6.56. The molecule has 0 saturated carbocycles. The van der Waals surface area contributed by atoms with Gasteiger partial charge < -0.3 is 10.6 Å². The molecule has 2 aromatic heterocycles. The summed E-state index contributed by atoms with van der Waals surface area (Å²) in [5.41, 5.74) is 2.83. The van der Waals surface area contributed by atoms with E-state index in [9.17, 15) is 0 Å². The molecule has 0 aliphatic heterocycles. The third kappa shape index (κ3) is 2.85. The molecule has 0 amide bonds. The summed E-state index contributed by atoms with van der Waals surface area (Å²) >= 11 is 1.57. The van der Waals surface area contributed by atoms with Gasteiger partial charge in [0.15, 0.2) is 5.13 Å². The number of hydrogen-bond acceptors (Lipinski definition) is 6. The molecule has 0 bridgehead atoms. The Balaban J connectivity index is 2.09. The van der Waals surface area contributed by atoms with Crippen LogP contribution in [0.15, 0.2) is 42.6 Å². The first-order valence-corrected chi connectivity index (χ1v) is 7.38. The van der Waals surface area contributed by atoms with Crippen LogP contribution < -0.4 is 10.6 Å². The van der Waals surface area contributed by atoms with Crippen LogP contribution in [-0.4, -0.2) is 29.0 Å². The van der Waals surface area contributed by atoms with Crippen molar-refractivity contribution < 1.29 is 0 Å². The van der Waals surface area contributed by atoms with E-state index in [0.29, 0.717) is 5.95 Å². The van der Waals surface area contributed by atoms with Gasteiger partial charge in [-0.05, 0) is 6.07 Å². The zero-order valence-electron chi connectivity index (χ0n) is 11.8. The summed E-state index contributed by atoms with van der Waals surface area (Å²) in [7, 11) is 3.68. The fraction of sp³-hybridized carbons (Fsp3) is 0.133. The molecule has 3 aromatic rings. The summed E-state index contributed by atoms with van der Waals surface area (Å²) in [6.45, 7) is 0. The molecule has 0 spiro atoms. The smallest absolute Gasteiger partial charge is 0.223 e. The highest BCUT2D eigenvalue weighted by Crippen LogP contribution is 2.30. The lowest BCUT2D eigenvalue weighted by atomic mass is 10.1. The molecule has 3 rings (SSSR count). The maximum absolute atomic E-state index is 4.52. The van der Waals surface area contributed by atoms with E-state index in [-0.39, 0.29) is 0 Å². The first kappa shape index (κ1) is 13.5. The van der Waals surface area contributed by atoms with Crippen molar-refractivity contribution in [2.24, 2.45) is 0 Å². The lowest BCUT2D eigenvalue weighted by Gasteiger charge is -2.06. The van der Waals surface area contributed by atoms with E-state index in [1.165, 1.54) is 0 Å². The van der Waals surface area contributed by atoms with Gasteiger partial charge in [-0.3, -0.25) is 0 Å². The van der Waals surface area contributed by atoms with E-state index < -0.39 is 0 Å². The summed E-state index contributed by atoms with van der Waals surface area (Å²) in [5.74, 6) is 0.603. The molecule has 2 N–H and O–H groups in total. The summed E-state index contributed by atoms with van der Waals surface area (Å²) < 4.78 is 0. The van der Waals surface area contributed by atoms with Crippen molar-refractivity contribution >= 4 is 22.4 Å². The van der Waals surface area contributed by atoms with Crippen molar-refractivity contribution in [1.29, 1.82) is 0 Å². The molecule has 0 fully saturated rings. The normalized spacial score (nSPS) is 10.4. The molecule has 0 atom stereocenters. The van der Waals surface area contributed by atoms with Crippen molar-refractivity contribution in [1.82, 2.24) is 15.0 Å². The Bertz CT molecular complexity index is 739. The monoisotopic (exact) mass is 297 g/mol. The number of nitrogens with one attached hydrogen (secondary N) is 2. The molecule has 106 valence electrons. The van der Waals surface area contributed by atoms with E-state index in [1.807, 2.05) is 56.7 Å². The van der Waals surface area contributed by atoms with Gasteiger partial charge in [-0.1, -0.05) is 41.7 Å². The third-order valence-electron chi connectivity index (χ3n) is 2.99. The molecule has 21 heavy (non-hydrogen) atoms. The van der Waals surface area contributed by atoms with Crippen LogP contribution in [0.2, 0.25) is 0 Å². The van der Waals surface area contributed by atoms with Crippen LogP contribution in [0, 0.1) is 0 Å². The summed E-state index contributed by atoms with van der Waals surface area (Å²) in [6, 6.07) is 12.1. The van der Waals surface area contributed by atoms with E-state index in [2.05, 4.69) is 25.6 Å². The number of hydrogen-bond donors (Lipinski definition) is 2. The second-order valence-electron chi connectivity index (χ2n) is 4.36. The number of benzene rings is 1. The Labute approximate surface area is 127 Å². The van der Waals surface area contributed by atoms with E-state index in [1.54, 1.807) is 11.3 Å². The third-order valence-corrected chi connectivity index (χ3v) is 4.03. The molecule has 0 radical (unpaired) electrons. The highest BCUT2D eigenvalue weighted by molar-refractivity contribution is 7.18. The zero-order valence-corrected chi connectivity index (χ0v) is 12.6. The molecule has 0 saturated heterocycles. The molecule has 6 heteroatoms. The van der Waals surface area contributed by atoms with Gasteiger partial charge in [0, 0.05) is 25.9 Å². The SMILES string of the molecule is CNc1nc(-c2ccccc2)cc(-c2cnc(NC)s2)n1. The predicted octanol–water partition coefficient (Wildman–Crippen LogP) is 3.35. The number of thiazole rings is 1. The summed E-state index contributed by atoms with van der Waals surface area (Å²) in [4.78, 5) is 14.3. The molecular weight excluding hydrogens is 282 g/mol. The fourth-order valence-electron chi connectivity index (χ4n) is 1.95. The van der Waals surface area contributed by atoms with Gasteiger partial charge in [-0.2, -0.15) is 0 Å². The van der Waals surface area contributed by atoms with Crippen molar-refractivity contribution in [2.45, 2.75) is 0 Å². The minimum atomic E-state index is 0.603. The van der Waals surface area contributed by atoms with Gasteiger partial charge >= 0.3 is 0 Å². The molecule has 0 aliphatic carbocycles. The van der Waals surface area contributed by atoms with Crippen LogP contribution >= 0.6 is 11.3 Å². The number of anilines is 2. The number of nitrogens with zero attached hydrogens (tertiary/aromatic N) is 3. The van der Waals surface area contributed by atoms with Crippen molar-refractivity contribution in [3.05, 3.63) is 42.6 Å². The summed E-state index contributed by atoms with van der Waals surface area (Å²) in [5, 5.41) is 6.93. The number of aromatic nitrogens is 3. The van der Waals surface area contributed by atoms with Crippen LogP contribution in [0.1, 0.15) is 0 Å². The average Bonchev–Trinajstić information content (AvgIpc) is 3.04. The van der Waals surface area contributed by atoms with E-state index in [4.69, 9.17) is 0 Å². The van der Waals surface area contributed by atoms with Gasteiger partial charge in [0.05, 0.1) is 16.3 Å². The highest BCUT2D eigenvalue weighted by Gasteiger charge is 2.10. The van der Waals surface area contributed by atoms with Crippen molar-refractivity contribution in [3.63, 3.8) is 0 Å². The van der Waals surface area contributed by atoms with Crippen LogP contribution in [0.4, 0.5) is 11.1 Å². The Morgan fingerprint density at radius 1 is 0.952 bits per heavy atom. The molecule has 1 aromatic carbocycles. The van der Waals surface area contributed by atoms with Gasteiger partial charge in [0.2, 0.25) is 5.95 Å². The molecule has 0 unspecified atom stereocenters. The Hall–Kier alpha value is -2.47. The summed E-state index contributed by atoms with van der Waals surface area (Å²) in [6.07, 6.45) is 1.83. The van der Waals surface area contributed by atoms with Gasteiger partial charge in [0.25, 0.3) is 0 Å². The average molecular weight is 297 g/mol. The number of rotatable bonds is 4. The lowest BCUT2D eigenvalue weighted by molar-refractivity contribution is 1.16. The molecule has 5 nitrogen and oxygen atoms in total. The molecule has 0 aliphatic rings. The Morgan fingerprint density at radius 3 is 2.38 bits per heavy atom. The van der Waals surface area contributed by atoms with Gasteiger partial charge in [-0.15, -0.1) is 0 Å². The van der Waals surface area contributed by atoms with Crippen molar-refractivity contribution in [3.8, 4) is 21.8 Å². The maximum atomic E-state index is 4.52. The van der Waals surface area contributed by atoms with Gasteiger partial charge in [-0.25, -0.2) is 15.0 Å². The van der Waals surface area contributed by atoms with E-state index >= 15 is 0 Å². The van der Waals surface area contributed by atoms with Gasteiger partial charge in [0.1, 0.15) is 0 Å². The highest BCUT2D eigenvalue weighted by atomic mass is 32.1. The minimum Gasteiger partial charge on any atom is -0.365 e. The Kier molecular flexibility index (Phi) is 3.79. The maximum Gasteiger partial charge on any atom is 0.223 e. The predicted molar refractivity (Wildman–Crippen MR) is 87.7 cm³/mol. The second-order valence-corrected chi connectivity index (χ2v) is 5.39. The topological polar surface area (TPSA) is 62.7 Å². The zero-order chi connectivity index (χ0) is 14.7. The fourth-order valence-corrected chi connectivity index (χ4v) is 2.68. The molecule has 2 heterocycles. The minimum absolute atomic E-state index is 0.603. The lowest BCUT2D eigenvalue weighted by Crippen LogP contribution is -1.99. The largest absolute Gasteiger partial charge is 0.365 e. The second kappa shape index (κ2) is 5.88. The van der Waals surface area contributed by atoms with Crippen LogP contribution in [0.3, 0.4) is 0 Å². The van der Waals surface area contributed by atoms with Crippen LogP contribution in [0.5, 0.6) is 0 Å². The van der Waals surface area contributed by atoms with Crippen LogP contribution in [0.25, 0.3) is 21.8 Å². The Morgan fingerprint density at radius 2 is 1.71 bits per heavy atom. The van der Waals surface area contributed by atoms with Crippen LogP contribution in [-0.2, 0) is 0 Å².